The van der Waals surface area contributed by atoms with Gasteiger partial charge in [0.1, 0.15) is 5.54 Å². The van der Waals surface area contributed by atoms with Gasteiger partial charge in [-0.2, -0.15) is 0 Å². The quantitative estimate of drug-likeness (QED) is 0.864. The maximum atomic E-state index is 12.0. The summed E-state index contributed by atoms with van der Waals surface area (Å²) in [5.74, 6) is -0.342. The second-order valence-corrected chi connectivity index (χ2v) is 6.42. The number of primary amides is 1. The highest BCUT2D eigenvalue weighted by Crippen LogP contribution is 2.34. The van der Waals surface area contributed by atoms with E-state index < -0.39 is 5.54 Å². The molecule has 1 aliphatic rings. The second kappa shape index (κ2) is 6.33. The Kier molecular flexibility index (Phi) is 4.94. The highest BCUT2D eigenvalue weighted by Gasteiger charge is 2.41. The van der Waals surface area contributed by atoms with Crippen molar-refractivity contribution >= 4 is 39.1 Å². The van der Waals surface area contributed by atoms with Crippen molar-refractivity contribution in [2.45, 2.75) is 37.3 Å². The summed E-state index contributed by atoms with van der Waals surface area (Å²) >= 11 is 9.36. The zero-order valence-corrected chi connectivity index (χ0v) is 13.6. The lowest BCUT2D eigenvalue weighted by atomic mass is 9.79. The lowest BCUT2D eigenvalue weighted by Crippen LogP contribution is -2.54. The molecule has 0 bridgehead atoms. The van der Waals surface area contributed by atoms with Crippen LogP contribution in [0.15, 0.2) is 22.7 Å². The SMILES string of the molecule is COC1CCCC(Nc2ccc(Cl)c(Br)c2)(C(N)=O)C1. The van der Waals surface area contributed by atoms with Crippen molar-refractivity contribution in [1.82, 2.24) is 0 Å². The Morgan fingerprint density at radius 1 is 1.60 bits per heavy atom. The molecule has 1 fully saturated rings. The standard InChI is InChI=1S/C14H18BrClN2O2/c1-20-10-3-2-6-14(8-10,13(17)19)18-9-4-5-12(16)11(15)7-9/h4-5,7,10,18H,2-3,6,8H2,1H3,(H2,17,19). The van der Waals surface area contributed by atoms with Crippen LogP contribution >= 0.6 is 27.5 Å². The van der Waals surface area contributed by atoms with Gasteiger partial charge in [0, 0.05) is 23.7 Å². The van der Waals surface area contributed by atoms with Gasteiger partial charge in [0.15, 0.2) is 0 Å². The molecule has 1 aromatic carbocycles. The molecule has 3 N–H and O–H groups in total. The van der Waals surface area contributed by atoms with E-state index in [1.807, 2.05) is 12.1 Å². The molecule has 20 heavy (non-hydrogen) atoms. The van der Waals surface area contributed by atoms with Gasteiger partial charge in [-0.1, -0.05) is 11.6 Å². The van der Waals surface area contributed by atoms with Gasteiger partial charge in [0.2, 0.25) is 5.91 Å². The molecule has 4 nitrogen and oxygen atoms in total. The zero-order valence-electron chi connectivity index (χ0n) is 11.3. The Labute approximate surface area is 132 Å². The molecular formula is C14H18BrClN2O2. The fraction of sp³-hybridized carbons (Fsp3) is 0.500. The third-order valence-electron chi connectivity index (χ3n) is 3.81. The van der Waals surface area contributed by atoms with E-state index in [4.69, 9.17) is 22.1 Å². The van der Waals surface area contributed by atoms with Crippen LogP contribution in [0.2, 0.25) is 5.02 Å². The topological polar surface area (TPSA) is 64.3 Å². The summed E-state index contributed by atoms with van der Waals surface area (Å²) in [5, 5.41) is 3.91. The number of methoxy groups -OCH3 is 1. The lowest BCUT2D eigenvalue weighted by Gasteiger charge is -2.39. The maximum Gasteiger partial charge on any atom is 0.243 e. The first-order chi connectivity index (χ1) is 9.47. The highest BCUT2D eigenvalue weighted by molar-refractivity contribution is 9.10. The minimum atomic E-state index is -0.758. The summed E-state index contributed by atoms with van der Waals surface area (Å²) in [6.45, 7) is 0. The van der Waals surface area contributed by atoms with Gasteiger partial charge in [-0.3, -0.25) is 4.79 Å². The van der Waals surface area contributed by atoms with Gasteiger partial charge in [-0.15, -0.1) is 0 Å². The predicted octanol–water partition coefficient (Wildman–Crippen LogP) is 3.33. The smallest absolute Gasteiger partial charge is 0.243 e. The number of carbonyl (C=O) groups excluding carboxylic acids is 1. The number of halogens is 2. The largest absolute Gasteiger partial charge is 0.381 e. The average molecular weight is 362 g/mol. The molecule has 2 rings (SSSR count). The van der Waals surface area contributed by atoms with Crippen molar-refractivity contribution in [2.75, 3.05) is 12.4 Å². The number of carbonyl (C=O) groups is 1. The molecule has 0 radical (unpaired) electrons. The zero-order chi connectivity index (χ0) is 14.8. The van der Waals surface area contributed by atoms with Crippen LogP contribution in [0.3, 0.4) is 0 Å². The molecule has 2 unspecified atom stereocenters. The molecular weight excluding hydrogens is 344 g/mol. The van der Waals surface area contributed by atoms with Crippen molar-refractivity contribution < 1.29 is 9.53 Å². The van der Waals surface area contributed by atoms with E-state index in [0.29, 0.717) is 17.9 Å². The van der Waals surface area contributed by atoms with Crippen LogP contribution < -0.4 is 11.1 Å². The van der Waals surface area contributed by atoms with Crippen molar-refractivity contribution in [2.24, 2.45) is 5.73 Å². The number of ether oxygens (including phenoxy) is 1. The van der Waals surface area contributed by atoms with Gasteiger partial charge in [-0.25, -0.2) is 0 Å². The number of nitrogens with two attached hydrogens (primary N) is 1. The van der Waals surface area contributed by atoms with Gasteiger partial charge in [-0.05, 0) is 53.4 Å². The van der Waals surface area contributed by atoms with Gasteiger partial charge >= 0.3 is 0 Å². The molecule has 1 amide bonds. The van der Waals surface area contributed by atoms with Crippen LogP contribution in [0, 0.1) is 0 Å². The van der Waals surface area contributed by atoms with Crippen LogP contribution in [-0.4, -0.2) is 24.7 Å². The van der Waals surface area contributed by atoms with E-state index in [-0.39, 0.29) is 12.0 Å². The van der Waals surface area contributed by atoms with Crippen molar-refractivity contribution in [3.05, 3.63) is 27.7 Å². The van der Waals surface area contributed by atoms with E-state index in [0.717, 1.165) is 23.0 Å². The minimum absolute atomic E-state index is 0.0551. The first kappa shape index (κ1) is 15.6. The number of nitrogens with one attached hydrogen (secondary N) is 1. The molecule has 0 aromatic heterocycles. The average Bonchev–Trinajstić information content (AvgIpc) is 2.43. The number of hydrogen-bond donors (Lipinski definition) is 2. The fourth-order valence-corrected chi connectivity index (χ4v) is 3.17. The Hall–Kier alpha value is -0.780. The predicted molar refractivity (Wildman–Crippen MR) is 84.0 cm³/mol. The summed E-state index contributed by atoms with van der Waals surface area (Å²) < 4.78 is 6.18. The molecule has 0 heterocycles. The normalized spacial score (nSPS) is 26.2. The summed E-state index contributed by atoms with van der Waals surface area (Å²) in [7, 11) is 1.67. The molecule has 0 aliphatic heterocycles. The molecule has 6 heteroatoms. The van der Waals surface area contributed by atoms with E-state index in [2.05, 4.69) is 21.2 Å². The van der Waals surface area contributed by atoms with Crippen molar-refractivity contribution in [1.29, 1.82) is 0 Å². The molecule has 1 aliphatic carbocycles. The number of rotatable bonds is 4. The Balaban J connectivity index is 2.24. The van der Waals surface area contributed by atoms with Crippen LogP contribution in [0.5, 0.6) is 0 Å². The molecule has 110 valence electrons. The van der Waals surface area contributed by atoms with Crippen LogP contribution in [0.1, 0.15) is 25.7 Å². The fourth-order valence-electron chi connectivity index (χ4n) is 2.67. The van der Waals surface area contributed by atoms with Crippen LogP contribution in [-0.2, 0) is 9.53 Å². The van der Waals surface area contributed by atoms with E-state index in [1.54, 1.807) is 13.2 Å². The van der Waals surface area contributed by atoms with E-state index in [9.17, 15) is 4.79 Å². The number of benzene rings is 1. The number of anilines is 1. The van der Waals surface area contributed by atoms with E-state index in [1.165, 1.54) is 0 Å². The molecule has 2 atom stereocenters. The van der Waals surface area contributed by atoms with Gasteiger partial charge in [0.05, 0.1) is 11.1 Å². The summed E-state index contributed by atoms with van der Waals surface area (Å²) in [4.78, 5) is 12.0. The minimum Gasteiger partial charge on any atom is -0.381 e. The number of amides is 1. The molecule has 0 spiro atoms. The van der Waals surface area contributed by atoms with Gasteiger partial charge < -0.3 is 15.8 Å². The molecule has 0 saturated heterocycles. The highest BCUT2D eigenvalue weighted by atomic mass is 79.9. The lowest BCUT2D eigenvalue weighted by molar-refractivity contribution is -0.125. The van der Waals surface area contributed by atoms with Crippen molar-refractivity contribution in [3.63, 3.8) is 0 Å². The van der Waals surface area contributed by atoms with E-state index >= 15 is 0 Å². The summed E-state index contributed by atoms with van der Waals surface area (Å²) in [6.07, 6.45) is 3.21. The Morgan fingerprint density at radius 2 is 2.35 bits per heavy atom. The van der Waals surface area contributed by atoms with Crippen molar-refractivity contribution in [3.8, 4) is 0 Å². The van der Waals surface area contributed by atoms with Crippen LogP contribution in [0.4, 0.5) is 5.69 Å². The summed E-state index contributed by atoms with van der Waals surface area (Å²) in [5.41, 5.74) is 5.70. The third-order valence-corrected chi connectivity index (χ3v) is 5.03. The van der Waals surface area contributed by atoms with Gasteiger partial charge in [0.25, 0.3) is 0 Å². The van der Waals surface area contributed by atoms with Crippen LogP contribution in [0.25, 0.3) is 0 Å². The molecule has 1 aromatic rings. The maximum absolute atomic E-state index is 12.0. The molecule has 1 saturated carbocycles. The second-order valence-electron chi connectivity index (χ2n) is 5.15. The third kappa shape index (κ3) is 3.27. The first-order valence-corrected chi connectivity index (χ1v) is 7.70. The summed E-state index contributed by atoms with van der Waals surface area (Å²) in [6, 6.07) is 5.47. The Bertz CT molecular complexity index is 512. The Morgan fingerprint density at radius 3 is 2.95 bits per heavy atom. The first-order valence-electron chi connectivity index (χ1n) is 6.53. The number of hydrogen-bond acceptors (Lipinski definition) is 3. The monoisotopic (exact) mass is 360 g/mol.